The average molecular weight is 331 g/mol. The summed E-state index contributed by atoms with van der Waals surface area (Å²) in [6.07, 6.45) is 6.77. The van der Waals surface area contributed by atoms with Gasteiger partial charge in [-0.25, -0.2) is 0 Å². The Balaban J connectivity index is 1.33. The lowest BCUT2D eigenvalue weighted by Crippen LogP contribution is -2.49. The van der Waals surface area contributed by atoms with Gasteiger partial charge in [-0.1, -0.05) is 0 Å². The molecule has 23 heavy (non-hydrogen) atoms. The standard InChI is InChI=1S/C16H21N5OS/c1-21-7-12(6-18-21)20-16(22)15-2-9(8-23-15)13-5-14(13)19-11-3-10(17)4-11/h2,6-8,10-11,13-14,19H,3-5,17H2,1H3,(H,20,22). The minimum absolute atomic E-state index is 0.0654. The first kappa shape index (κ1) is 14.9. The quantitative estimate of drug-likeness (QED) is 0.778. The third-order valence-corrected chi connectivity index (χ3v) is 5.60. The first-order chi connectivity index (χ1) is 11.1. The molecule has 2 unspecified atom stereocenters. The number of amides is 1. The Labute approximate surface area is 139 Å². The number of nitrogens with two attached hydrogens (primary N) is 1. The van der Waals surface area contributed by atoms with Crippen molar-refractivity contribution in [1.29, 1.82) is 0 Å². The van der Waals surface area contributed by atoms with Crippen LogP contribution in [0, 0.1) is 0 Å². The van der Waals surface area contributed by atoms with Crippen LogP contribution < -0.4 is 16.4 Å². The summed E-state index contributed by atoms with van der Waals surface area (Å²) in [6.45, 7) is 0. The summed E-state index contributed by atoms with van der Waals surface area (Å²) < 4.78 is 1.67. The number of carbonyl (C=O) groups is 1. The molecule has 6 nitrogen and oxygen atoms in total. The first-order valence-corrected chi connectivity index (χ1v) is 8.86. The van der Waals surface area contributed by atoms with E-state index in [-0.39, 0.29) is 5.91 Å². The van der Waals surface area contributed by atoms with Crippen molar-refractivity contribution < 1.29 is 4.79 Å². The highest BCUT2D eigenvalue weighted by Gasteiger charge is 2.42. The van der Waals surface area contributed by atoms with Gasteiger partial charge in [-0.05, 0) is 36.3 Å². The third-order valence-electron chi connectivity index (χ3n) is 4.65. The Hall–Kier alpha value is -1.70. The molecule has 0 saturated heterocycles. The van der Waals surface area contributed by atoms with Gasteiger partial charge in [0, 0.05) is 37.3 Å². The molecule has 1 amide bonds. The van der Waals surface area contributed by atoms with Gasteiger partial charge in [-0.2, -0.15) is 5.10 Å². The summed E-state index contributed by atoms with van der Waals surface area (Å²) in [7, 11) is 1.83. The molecule has 4 N–H and O–H groups in total. The molecule has 2 aliphatic carbocycles. The maximum atomic E-state index is 12.3. The lowest BCUT2D eigenvalue weighted by molar-refractivity contribution is 0.103. The zero-order valence-electron chi connectivity index (χ0n) is 13.0. The van der Waals surface area contributed by atoms with Gasteiger partial charge >= 0.3 is 0 Å². The Morgan fingerprint density at radius 2 is 2.26 bits per heavy atom. The van der Waals surface area contributed by atoms with Crippen LogP contribution in [-0.4, -0.2) is 33.8 Å². The Morgan fingerprint density at radius 1 is 1.43 bits per heavy atom. The van der Waals surface area contributed by atoms with Crippen LogP contribution in [0.4, 0.5) is 5.69 Å². The van der Waals surface area contributed by atoms with Crippen molar-refractivity contribution in [3.05, 3.63) is 34.3 Å². The van der Waals surface area contributed by atoms with E-state index in [0.29, 0.717) is 24.0 Å². The van der Waals surface area contributed by atoms with E-state index in [2.05, 4.69) is 21.1 Å². The highest BCUT2D eigenvalue weighted by Crippen LogP contribution is 2.43. The molecule has 2 heterocycles. The molecule has 2 saturated carbocycles. The van der Waals surface area contributed by atoms with E-state index in [1.165, 1.54) is 16.9 Å². The van der Waals surface area contributed by atoms with Crippen molar-refractivity contribution in [2.75, 3.05) is 5.32 Å². The molecular weight excluding hydrogens is 310 g/mol. The zero-order valence-corrected chi connectivity index (χ0v) is 13.8. The minimum atomic E-state index is -0.0654. The van der Waals surface area contributed by atoms with Gasteiger partial charge in [0.1, 0.15) is 0 Å². The van der Waals surface area contributed by atoms with Crippen molar-refractivity contribution in [2.45, 2.75) is 43.3 Å². The molecule has 2 aliphatic rings. The van der Waals surface area contributed by atoms with Gasteiger partial charge in [-0.3, -0.25) is 9.48 Å². The topological polar surface area (TPSA) is 85.0 Å². The van der Waals surface area contributed by atoms with E-state index in [1.54, 1.807) is 17.1 Å². The maximum Gasteiger partial charge on any atom is 0.265 e. The second kappa shape index (κ2) is 5.74. The lowest BCUT2D eigenvalue weighted by Gasteiger charge is -2.33. The van der Waals surface area contributed by atoms with Crippen molar-refractivity contribution in [2.24, 2.45) is 12.8 Å². The summed E-state index contributed by atoms with van der Waals surface area (Å²) in [5.74, 6) is 0.479. The largest absolute Gasteiger partial charge is 0.328 e. The number of hydrogen-bond donors (Lipinski definition) is 3. The molecule has 0 spiro atoms. The van der Waals surface area contributed by atoms with Gasteiger partial charge in [0.05, 0.1) is 16.8 Å². The summed E-state index contributed by atoms with van der Waals surface area (Å²) in [5, 5.41) is 12.7. The minimum Gasteiger partial charge on any atom is -0.328 e. The van der Waals surface area contributed by atoms with Crippen LogP contribution in [0.2, 0.25) is 0 Å². The smallest absolute Gasteiger partial charge is 0.265 e. The van der Waals surface area contributed by atoms with Gasteiger partial charge < -0.3 is 16.4 Å². The Morgan fingerprint density at radius 3 is 2.96 bits per heavy atom. The van der Waals surface area contributed by atoms with Crippen LogP contribution in [0.25, 0.3) is 0 Å². The summed E-state index contributed by atoms with van der Waals surface area (Å²) >= 11 is 1.51. The number of anilines is 1. The van der Waals surface area contributed by atoms with E-state index >= 15 is 0 Å². The number of rotatable bonds is 5. The van der Waals surface area contributed by atoms with Crippen LogP contribution >= 0.6 is 11.3 Å². The Kier molecular flexibility index (Phi) is 3.71. The first-order valence-electron chi connectivity index (χ1n) is 7.98. The molecule has 122 valence electrons. The molecule has 0 aliphatic heterocycles. The molecule has 2 aromatic heterocycles. The maximum absolute atomic E-state index is 12.3. The van der Waals surface area contributed by atoms with Gasteiger partial charge in [0.15, 0.2) is 0 Å². The summed E-state index contributed by atoms with van der Waals surface area (Å²) in [4.78, 5) is 13.0. The molecule has 4 rings (SSSR count). The number of carbonyl (C=O) groups excluding carboxylic acids is 1. The van der Waals surface area contributed by atoms with Crippen LogP contribution in [0.3, 0.4) is 0 Å². The van der Waals surface area contributed by atoms with Crippen molar-refractivity contribution in [1.82, 2.24) is 15.1 Å². The van der Waals surface area contributed by atoms with Crippen molar-refractivity contribution in [3.8, 4) is 0 Å². The van der Waals surface area contributed by atoms with E-state index in [0.717, 1.165) is 29.8 Å². The molecule has 2 aromatic rings. The molecule has 0 aromatic carbocycles. The number of hydrogen-bond acceptors (Lipinski definition) is 5. The molecule has 0 radical (unpaired) electrons. The van der Waals surface area contributed by atoms with E-state index in [4.69, 9.17) is 5.73 Å². The van der Waals surface area contributed by atoms with Crippen molar-refractivity contribution in [3.63, 3.8) is 0 Å². The lowest BCUT2D eigenvalue weighted by atomic mass is 9.87. The second-order valence-electron chi connectivity index (χ2n) is 6.64. The predicted octanol–water partition coefficient (Wildman–Crippen LogP) is 1.67. The van der Waals surface area contributed by atoms with E-state index in [1.807, 2.05) is 13.1 Å². The fourth-order valence-corrected chi connectivity index (χ4v) is 4.06. The van der Waals surface area contributed by atoms with Crippen molar-refractivity contribution >= 4 is 22.9 Å². The van der Waals surface area contributed by atoms with Gasteiger partial charge in [0.25, 0.3) is 5.91 Å². The normalized spacial score (nSPS) is 29.1. The summed E-state index contributed by atoms with van der Waals surface area (Å²) in [6, 6.07) is 3.55. The summed E-state index contributed by atoms with van der Waals surface area (Å²) in [5.41, 5.74) is 7.82. The fourth-order valence-electron chi connectivity index (χ4n) is 3.19. The number of aryl methyl sites for hydroxylation is 1. The highest BCUT2D eigenvalue weighted by atomic mass is 32.1. The van der Waals surface area contributed by atoms with Crippen LogP contribution in [0.1, 0.15) is 40.4 Å². The molecule has 2 fully saturated rings. The second-order valence-corrected chi connectivity index (χ2v) is 7.56. The molecular formula is C16H21N5OS. The SMILES string of the molecule is Cn1cc(NC(=O)c2cc(C3CC3NC3CC(N)C3)cs2)cn1. The number of thiophene rings is 1. The number of nitrogens with one attached hydrogen (secondary N) is 2. The Bertz CT molecular complexity index is 718. The van der Waals surface area contributed by atoms with Crippen LogP contribution in [0.5, 0.6) is 0 Å². The fraction of sp³-hybridized carbons (Fsp3) is 0.500. The van der Waals surface area contributed by atoms with E-state index < -0.39 is 0 Å². The van der Waals surface area contributed by atoms with Crippen LogP contribution in [0.15, 0.2) is 23.8 Å². The van der Waals surface area contributed by atoms with Gasteiger partial charge in [0.2, 0.25) is 0 Å². The molecule has 0 bridgehead atoms. The van der Waals surface area contributed by atoms with Crippen LogP contribution in [-0.2, 0) is 7.05 Å². The zero-order chi connectivity index (χ0) is 16.0. The number of aromatic nitrogens is 2. The van der Waals surface area contributed by atoms with Gasteiger partial charge in [-0.15, -0.1) is 11.3 Å². The third kappa shape index (κ3) is 3.17. The highest BCUT2D eigenvalue weighted by molar-refractivity contribution is 7.12. The monoisotopic (exact) mass is 331 g/mol. The molecule has 2 atom stereocenters. The predicted molar refractivity (Wildman–Crippen MR) is 90.8 cm³/mol. The number of nitrogens with zero attached hydrogens (tertiary/aromatic N) is 2. The molecule has 7 heteroatoms. The average Bonchev–Trinajstić information content (AvgIpc) is 2.90. The van der Waals surface area contributed by atoms with E-state index in [9.17, 15) is 4.79 Å².